The molecule has 7 N–H and O–H groups in total. The van der Waals surface area contributed by atoms with Crippen molar-refractivity contribution in [2.45, 2.75) is 25.4 Å². The number of quaternary nitrogens is 1. The van der Waals surface area contributed by atoms with E-state index in [1.54, 1.807) is 7.11 Å². The molecule has 1 unspecified atom stereocenters. The van der Waals surface area contributed by atoms with Crippen LogP contribution in [0.15, 0.2) is 29.3 Å². The summed E-state index contributed by atoms with van der Waals surface area (Å²) in [6, 6.07) is 8.25. The van der Waals surface area contributed by atoms with Gasteiger partial charge in [0.25, 0.3) is 5.91 Å². The molecule has 5 rings (SSSR count). The van der Waals surface area contributed by atoms with Crippen LogP contribution in [0.2, 0.25) is 5.15 Å². The van der Waals surface area contributed by atoms with E-state index >= 15 is 0 Å². The monoisotopic (exact) mass is 459 g/mol. The van der Waals surface area contributed by atoms with Crippen LogP contribution in [0.4, 0.5) is 11.6 Å². The first-order valence-corrected chi connectivity index (χ1v) is 10.9. The Labute approximate surface area is 191 Å². The van der Waals surface area contributed by atoms with Crippen LogP contribution in [0.25, 0.3) is 0 Å². The van der Waals surface area contributed by atoms with Gasteiger partial charge in [-0.05, 0) is 30.2 Å². The van der Waals surface area contributed by atoms with Crippen LogP contribution in [-0.2, 0) is 6.54 Å². The van der Waals surface area contributed by atoms with Gasteiger partial charge in [0.15, 0.2) is 28.4 Å². The zero-order chi connectivity index (χ0) is 22.9. The van der Waals surface area contributed by atoms with Crippen molar-refractivity contribution in [2.24, 2.45) is 16.6 Å². The first-order chi connectivity index (χ1) is 15.3. The molecule has 0 spiro atoms. The van der Waals surface area contributed by atoms with Gasteiger partial charge in [-0.15, -0.1) is 0 Å². The number of hydrogen-bond acceptors (Lipinski definition) is 7. The smallest absolute Gasteiger partial charge is 0.280 e. The minimum atomic E-state index is -0.624. The zero-order valence-corrected chi connectivity index (χ0v) is 18.7. The molecule has 0 saturated carbocycles. The van der Waals surface area contributed by atoms with Gasteiger partial charge in [-0.25, -0.2) is 15.0 Å². The Balaban J connectivity index is 1.45. The molecule has 1 amide bonds. The van der Waals surface area contributed by atoms with E-state index in [0.717, 1.165) is 49.3 Å². The fraction of sp³-hybridized carbons (Fsp3) is 0.429. The molecule has 1 atom stereocenters. The number of halogens is 1. The molecule has 0 aliphatic carbocycles. The van der Waals surface area contributed by atoms with E-state index in [2.05, 4.69) is 32.4 Å². The van der Waals surface area contributed by atoms with Gasteiger partial charge in [0.2, 0.25) is 0 Å². The maximum Gasteiger partial charge on any atom is 0.280 e. The van der Waals surface area contributed by atoms with Crippen molar-refractivity contribution in [3.63, 3.8) is 0 Å². The normalized spacial score (nSPS) is 24.9. The third-order valence-electron chi connectivity index (χ3n) is 6.41. The molecule has 1 aromatic heterocycles. The summed E-state index contributed by atoms with van der Waals surface area (Å²) in [5, 5.41) is 2.46. The standard InChI is InChI=1S/C21H27ClN8O2/c1-32-14-4-2-12(3-5-14)10-30-8-6-13(7-9-30)15(11-30)26-21(25)29-20(31)16-18(23)28-19(24)17(22)27-16/h2-5,13,15H,6-11H2,1H3,(H6-,23,24,25,26,28,29,31)/p+1. The summed E-state index contributed by atoms with van der Waals surface area (Å²) >= 11 is 5.86. The van der Waals surface area contributed by atoms with Crippen LogP contribution in [0, 0.1) is 5.92 Å². The average Bonchev–Trinajstić information content (AvgIpc) is 2.77. The Morgan fingerprint density at radius 1 is 1.22 bits per heavy atom. The number of hydrogen-bond donors (Lipinski definition) is 4. The van der Waals surface area contributed by atoms with E-state index < -0.39 is 5.91 Å². The molecule has 3 aliphatic rings. The van der Waals surface area contributed by atoms with E-state index in [1.165, 1.54) is 5.56 Å². The van der Waals surface area contributed by atoms with Crippen LogP contribution in [0.3, 0.4) is 0 Å². The number of guanidine groups is 1. The zero-order valence-electron chi connectivity index (χ0n) is 17.9. The van der Waals surface area contributed by atoms with Crippen LogP contribution >= 0.6 is 11.6 Å². The summed E-state index contributed by atoms with van der Waals surface area (Å²) in [6.45, 7) is 4.05. The van der Waals surface area contributed by atoms with E-state index in [-0.39, 0.29) is 34.5 Å². The summed E-state index contributed by atoms with van der Waals surface area (Å²) in [5.41, 5.74) is 18.5. The number of ether oxygens (including phenoxy) is 1. The van der Waals surface area contributed by atoms with E-state index in [4.69, 9.17) is 33.5 Å². The number of nitrogens with two attached hydrogens (primary N) is 3. The number of nitrogens with one attached hydrogen (secondary N) is 1. The summed E-state index contributed by atoms with van der Waals surface area (Å²) < 4.78 is 6.22. The Kier molecular flexibility index (Phi) is 6.07. The second-order valence-electron chi connectivity index (χ2n) is 8.48. The molecule has 11 heteroatoms. The van der Waals surface area contributed by atoms with Crippen molar-refractivity contribution in [3.05, 3.63) is 40.7 Å². The fourth-order valence-electron chi connectivity index (χ4n) is 4.73. The molecule has 170 valence electrons. The number of carbonyl (C=O) groups excluding carboxylic acids is 1. The molecule has 4 heterocycles. The lowest BCUT2D eigenvalue weighted by atomic mass is 9.81. The summed E-state index contributed by atoms with van der Waals surface area (Å²) in [7, 11) is 1.67. The summed E-state index contributed by atoms with van der Waals surface area (Å²) in [5.74, 6) is 0.554. The number of nitrogens with zero attached hydrogens (tertiary/aromatic N) is 4. The molecule has 3 aliphatic heterocycles. The highest BCUT2D eigenvalue weighted by Crippen LogP contribution is 2.37. The Morgan fingerprint density at radius 3 is 2.56 bits per heavy atom. The van der Waals surface area contributed by atoms with Gasteiger partial charge in [0.05, 0.1) is 20.2 Å². The Morgan fingerprint density at radius 2 is 1.91 bits per heavy atom. The van der Waals surface area contributed by atoms with E-state index in [1.807, 2.05) is 12.1 Å². The van der Waals surface area contributed by atoms with Crippen LogP contribution in [0.1, 0.15) is 28.9 Å². The lowest BCUT2D eigenvalue weighted by molar-refractivity contribution is -0.955. The van der Waals surface area contributed by atoms with Crippen LogP contribution in [-0.4, -0.2) is 59.1 Å². The maximum absolute atomic E-state index is 12.5. The largest absolute Gasteiger partial charge is 0.497 e. The van der Waals surface area contributed by atoms with Crippen molar-refractivity contribution < 1.29 is 14.0 Å². The highest BCUT2D eigenvalue weighted by atomic mass is 35.5. The molecular weight excluding hydrogens is 432 g/mol. The van der Waals surface area contributed by atoms with Gasteiger partial charge < -0.3 is 26.4 Å². The van der Waals surface area contributed by atoms with Gasteiger partial charge in [0, 0.05) is 18.4 Å². The van der Waals surface area contributed by atoms with Crippen molar-refractivity contribution in [1.29, 1.82) is 0 Å². The predicted molar refractivity (Wildman–Crippen MR) is 123 cm³/mol. The predicted octanol–water partition coefficient (Wildman–Crippen LogP) is 1.16. The number of benzene rings is 1. The molecular formula is C21H28ClN8O2+. The topological polar surface area (TPSA) is 155 Å². The summed E-state index contributed by atoms with van der Waals surface area (Å²) in [4.78, 5) is 24.9. The second kappa shape index (κ2) is 8.79. The molecule has 1 aromatic carbocycles. The van der Waals surface area contributed by atoms with Crippen LogP contribution in [0.5, 0.6) is 5.75 Å². The number of methoxy groups -OCH3 is 1. The van der Waals surface area contributed by atoms with Crippen molar-refractivity contribution in [3.8, 4) is 5.75 Å². The van der Waals surface area contributed by atoms with E-state index in [9.17, 15) is 4.79 Å². The van der Waals surface area contributed by atoms with Crippen molar-refractivity contribution in [2.75, 3.05) is 38.2 Å². The maximum atomic E-state index is 12.5. The van der Waals surface area contributed by atoms with Gasteiger partial charge in [-0.2, -0.15) is 0 Å². The molecule has 2 bridgehead atoms. The quantitative estimate of drug-likeness (QED) is 0.297. The molecule has 0 radical (unpaired) electrons. The van der Waals surface area contributed by atoms with Crippen molar-refractivity contribution >= 4 is 35.1 Å². The number of fused-ring (bicyclic) bond motifs is 3. The highest BCUT2D eigenvalue weighted by Gasteiger charge is 2.46. The molecule has 3 saturated heterocycles. The number of piperidine rings is 3. The second-order valence-corrected chi connectivity index (χ2v) is 8.84. The highest BCUT2D eigenvalue weighted by molar-refractivity contribution is 6.31. The molecule has 3 fully saturated rings. The van der Waals surface area contributed by atoms with Crippen molar-refractivity contribution in [1.82, 2.24) is 15.3 Å². The SMILES string of the molecule is COc1ccc(C[N+]23CCC(CC2)C(N=C(N)NC(=O)c2nc(Cl)c(N)nc2N)C3)cc1. The Hall–Kier alpha value is -3.11. The number of carbonyl (C=O) groups is 1. The molecule has 32 heavy (non-hydrogen) atoms. The fourth-order valence-corrected chi connectivity index (χ4v) is 4.86. The number of rotatable bonds is 5. The third-order valence-corrected chi connectivity index (χ3v) is 6.69. The van der Waals surface area contributed by atoms with Gasteiger partial charge in [-0.3, -0.25) is 10.1 Å². The lowest BCUT2D eigenvalue weighted by Crippen LogP contribution is -2.63. The number of anilines is 2. The Bertz CT molecular complexity index is 1030. The van der Waals surface area contributed by atoms with Gasteiger partial charge in [0.1, 0.15) is 24.9 Å². The minimum Gasteiger partial charge on any atom is -0.497 e. The average molecular weight is 460 g/mol. The number of aromatic nitrogens is 2. The van der Waals surface area contributed by atoms with Gasteiger partial charge >= 0.3 is 0 Å². The lowest BCUT2D eigenvalue weighted by Gasteiger charge is -2.51. The van der Waals surface area contributed by atoms with Crippen LogP contribution < -0.4 is 27.3 Å². The molecule has 10 nitrogen and oxygen atoms in total. The molecule has 2 aromatic rings. The number of amides is 1. The summed E-state index contributed by atoms with van der Waals surface area (Å²) in [6.07, 6.45) is 2.16. The number of nitrogen functional groups attached to an aromatic ring is 2. The minimum absolute atomic E-state index is 0.0329. The van der Waals surface area contributed by atoms with E-state index in [0.29, 0.717) is 5.92 Å². The first-order valence-electron chi connectivity index (χ1n) is 10.5. The third kappa shape index (κ3) is 4.56. The van der Waals surface area contributed by atoms with Gasteiger partial charge in [-0.1, -0.05) is 11.6 Å². The first kappa shape index (κ1) is 22.1. The number of aliphatic imine (C=N–C) groups is 1.